The number of likely N-dealkylation sites (tertiary alicyclic amines) is 1. The third-order valence-electron chi connectivity index (χ3n) is 4.98. The fraction of sp³-hybridized carbons (Fsp3) is 0.632. The van der Waals surface area contributed by atoms with Crippen molar-refractivity contribution in [2.45, 2.75) is 25.7 Å². The lowest BCUT2D eigenvalue weighted by molar-refractivity contribution is -0.139. The zero-order chi connectivity index (χ0) is 18.9. The first-order valence-electron chi connectivity index (χ1n) is 9.15. The zero-order valence-electron chi connectivity index (χ0n) is 14.9. The van der Waals surface area contributed by atoms with Crippen LogP contribution in [0.3, 0.4) is 0 Å². The van der Waals surface area contributed by atoms with Gasteiger partial charge < -0.3 is 20.6 Å². The van der Waals surface area contributed by atoms with Crippen LogP contribution in [0.2, 0.25) is 0 Å². The van der Waals surface area contributed by atoms with Crippen molar-refractivity contribution in [1.82, 2.24) is 15.5 Å². The maximum Gasteiger partial charge on any atom is 0.320 e. The Hall–Kier alpha value is -2.33. The van der Waals surface area contributed by atoms with E-state index in [0.29, 0.717) is 25.4 Å². The summed E-state index contributed by atoms with van der Waals surface area (Å²) >= 11 is 0. The molecule has 7 nitrogen and oxygen atoms in total. The van der Waals surface area contributed by atoms with E-state index >= 15 is 0 Å². The van der Waals surface area contributed by atoms with Gasteiger partial charge >= 0.3 is 5.97 Å². The minimum absolute atomic E-state index is 0.0620. The highest BCUT2D eigenvalue weighted by Crippen LogP contribution is 2.18. The van der Waals surface area contributed by atoms with Crippen molar-refractivity contribution in [2.75, 3.05) is 32.7 Å². The van der Waals surface area contributed by atoms with Crippen LogP contribution in [0.5, 0.6) is 0 Å². The molecule has 2 heterocycles. The van der Waals surface area contributed by atoms with E-state index in [9.17, 15) is 14.4 Å². The van der Waals surface area contributed by atoms with Gasteiger partial charge in [0.05, 0.1) is 5.92 Å². The SMILES string of the molecule is C#C[C@@H](CNC(=O)[C@@H]1CCCN(C(=O)/C=C\C2CCNCC2)C1)C(=O)O. The number of hydrogen-bond acceptors (Lipinski definition) is 4. The van der Waals surface area contributed by atoms with Gasteiger partial charge in [0.15, 0.2) is 0 Å². The number of carboxylic acid groups (broad SMARTS) is 1. The second-order valence-corrected chi connectivity index (χ2v) is 6.87. The highest BCUT2D eigenvalue weighted by Gasteiger charge is 2.28. The van der Waals surface area contributed by atoms with E-state index in [1.54, 1.807) is 11.0 Å². The van der Waals surface area contributed by atoms with Crippen LogP contribution in [-0.2, 0) is 14.4 Å². The number of nitrogens with zero attached hydrogens (tertiary/aromatic N) is 1. The number of carbonyl (C=O) groups excluding carboxylic acids is 2. The largest absolute Gasteiger partial charge is 0.480 e. The molecular formula is C19H27N3O4. The molecule has 2 saturated heterocycles. The molecule has 7 heteroatoms. The molecule has 3 N–H and O–H groups in total. The molecule has 0 bridgehead atoms. The smallest absolute Gasteiger partial charge is 0.320 e. The summed E-state index contributed by atoms with van der Waals surface area (Å²) < 4.78 is 0. The van der Waals surface area contributed by atoms with Crippen molar-refractivity contribution >= 4 is 17.8 Å². The Morgan fingerprint density at radius 1 is 1.31 bits per heavy atom. The molecule has 0 saturated carbocycles. The monoisotopic (exact) mass is 361 g/mol. The highest BCUT2D eigenvalue weighted by atomic mass is 16.4. The number of aliphatic carboxylic acids is 1. The molecule has 0 radical (unpaired) electrons. The average molecular weight is 361 g/mol. The summed E-state index contributed by atoms with van der Waals surface area (Å²) in [6.45, 7) is 2.86. The Morgan fingerprint density at radius 2 is 2.04 bits per heavy atom. The van der Waals surface area contributed by atoms with Crippen LogP contribution in [0.4, 0.5) is 0 Å². The van der Waals surface area contributed by atoms with E-state index in [1.165, 1.54) is 0 Å². The lowest BCUT2D eigenvalue weighted by Gasteiger charge is -2.31. The first-order chi connectivity index (χ1) is 12.5. The molecule has 2 atom stereocenters. The molecule has 142 valence electrons. The van der Waals surface area contributed by atoms with E-state index in [-0.39, 0.29) is 24.3 Å². The topological polar surface area (TPSA) is 98.7 Å². The van der Waals surface area contributed by atoms with Crippen molar-refractivity contribution in [3.8, 4) is 12.3 Å². The quantitative estimate of drug-likeness (QED) is 0.465. The number of amides is 2. The molecule has 2 amide bonds. The molecule has 2 aliphatic rings. The van der Waals surface area contributed by atoms with Crippen LogP contribution in [-0.4, -0.2) is 60.5 Å². The number of nitrogens with one attached hydrogen (secondary N) is 2. The predicted molar refractivity (Wildman–Crippen MR) is 97.0 cm³/mol. The van der Waals surface area contributed by atoms with Gasteiger partial charge in [0.25, 0.3) is 0 Å². The Kier molecular flexibility index (Phi) is 7.67. The van der Waals surface area contributed by atoms with Crippen LogP contribution in [0.25, 0.3) is 0 Å². The van der Waals surface area contributed by atoms with Gasteiger partial charge in [0.1, 0.15) is 5.92 Å². The Bertz CT molecular complexity index is 590. The van der Waals surface area contributed by atoms with E-state index < -0.39 is 11.9 Å². The van der Waals surface area contributed by atoms with E-state index in [0.717, 1.165) is 32.4 Å². The minimum Gasteiger partial charge on any atom is -0.480 e. The van der Waals surface area contributed by atoms with Crippen molar-refractivity contribution < 1.29 is 19.5 Å². The average Bonchev–Trinajstić information content (AvgIpc) is 2.67. The first kappa shape index (κ1) is 20.0. The van der Waals surface area contributed by atoms with Gasteiger partial charge in [-0.25, -0.2) is 0 Å². The first-order valence-corrected chi connectivity index (χ1v) is 9.15. The van der Waals surface area contributed by atoms with Gasteiger partial charge in [-0.05, 0) is 50.8 Å². The molecule has 26 heavy (non-hydrogen) atoms. The van der Waals surface area contributed by atoms with Crippen LogP contribution in [0.1, 0.15) is 25.7 Å². The van der Waals surface area contributed by atoms with E-state index in [2.05, 4.69) is 16.6 Å². The van der Waals surface area contributed by atoms with Crippen LogP contribution < -0.4 is 10.6 Å². The number of rotatable bonds is 6. The maximum absolute atomic E-state index is 12.4. The van der Waals surface area contributed by atoms with Crippen molar-refractivity contribution in [3.63, 3.8) is 0 Å². The fourth-order valence-electron chi connectivity index (χ4n) is 3.32. The van der Waals surface area contributed by atoms with Gasteiger partial charge in [-0.3, -0.25) is 14.4 Å². The van der Waals surface area contributed by atoms with Crippen molar-refractivity contribution in [2.24, 2.45) is 17.8 Å². The number of allylic oxidation sites excluding steroid dienone is 1. The molecule has 0 aromatic rings. The molecular weight excluding hydrogens is 334 g/mol. The standard InChI is InChI=1S/C19H27N3O4/c1-2-15(19(25)26)12-21-18(24)16-4-3-11-22(13-16)17(23)6-5-14-7-9-20-10-8-14/h1,5-6,14-16,20H,3-4,7-13H2,(H,21,24)(H,25,26)/b6-5-/t15-,16+/m0/s1. The van der Waals surface area contributed by atoms with Crippen molar-refractivity contribution in [3.05, 3.63) is 12.2 Å². The molecule has 0 aliphatic carbocycles. The van der Waals surface area contributed by atoms with Gasteiger partial charge in [0.2, 0.25) is 11.8 Å². The molecule has 2 fully saturated rings. The molecule has 0 aromatic heterocycles. The van der Waals surface area contributed by atoms with Gasteiger partial charge in [-0.2, -0.15) is 0 Å². The second kappa shape index (κ2) is 9.97. The number of carbonyl (C=O) groups is 3. The Balaban J connectivity index is 1.82. The lowest BCUT2D eigenvalue weighted by Crippen LogP contribution is -2.46. The maximum atomic E-state index is 12.4. The Morgan fingerprint density at radius 3 is 2.69 bits per heavy atom. The summed E-state index contributed by atoms with van der Waals surface area (Å²) in [5, 5.41) is 14.8. The van der Waals surface area contributed by atoms with Crippen LogP contribution in [0.15, 0.2) is 12.2 Å². The number of hydrogen-bond donors (Lipinski definition) is 3. The van der Waals surface area contributed by atoms with Gasteiger partial charge in [0, 0.05) is 19.6 Å². The van der Waals surface area contributed by atoms with Crippen LogP contribution in [0, 0.1) is 30.1 Å². The lowest BCUT2D eigenvalue weighted by atomic mass is 9.96. The number of carboxylic acids is 1. The fourth-order valence-corrected chi connectivity index (χ4v) is 3.32. The number of piperidine rings is 2. The summed E-state index contributed by atoms with van der Waals surface area (Å²) in [5.74, 6) is -0.222. The second-order valence-electron chi connectivity index (χ2n) is 6.87. The highest BCUT2D eigenvalue weighted by molar-refractivity contribution is 5.88. The van der Waals surface area contributed by atoms with E-state index in [4.69, 9.17) is 11.5 Å². The number of terminal acetylenes is 1. The summed E-state index contributed by atoms with van der Waals surface area (Å²) in [6, 6.07) is 0. The summed E-state index contributed by atoms with van der Waals surface area (Å²) in [4.78, 5) is 37.3. The van der Waals surface area contributed by atoms with Gasteiger partial charge in [-0.1, -0.05) is 12.0 Å². The van der Waals surface area contributed by atoms with Crippen molar-refractivity contribution in [1.29, 1.82) is 0 Å². The Labute approximate surface area is 154 Å². The molecule has 0 spiro atoms. The third kappa shape index (κ3) is 5.88. The summed E-state index contributed by atoms with van der Waals surface area (Å²) in [6.07, 6.45) is 12.3. The predicted octanol–water partition coefficient (Wildman–Crippen LogP) is 0.231. The third-order valence-corrected chi connectivity index (χ3v) is 4.98. The molecule has 2 rings (SSSR count). The normalized spacial score (nSPS) is 22.6. The minimum atomic E-state index is -1.13. The molecule has 2 aliphatic heterocycles. The summed E-state index contributed by atoms with van der Waals surface area (Å²) in [5.41, 5.74) is 0. The molecule has 0 aromatic carbocycles. The zero-order valence-corrected chi connectivity index (χ0v) is 14.9. The van der Waals surface area contributed by atoms with Gasteiger partial charge in [-0.15, -0.1) is 6.42 Å². The van der Waals surface area contributed by atoms with E-state index in [1.807, 2.05) is 6.08 Å². The summed E-state index contributed by atoms with van der Waals surface area (Å²) in [7, 11) is 0. The van der Waals surface area contributed by atoms with Crippen LogP contribution >= 0.6 is 0 Å². The molecule has 0 unspecified atom stereocenters.